The fourth-order valence-electron chi connectivity index (χ4n) is 2.15. The zero-order valence-electron chi connectivity index (χ0n) is 11.3. The van der Waals surface area contributed by atoms with Crippen LogP contribution in [0.5, 0.6) is 0 Å². The third kappa shape index (κ3) is 3.59. The van der Waals surface area contributed by atoms with E-state index in [0.717, 1.165) is 19.3 Å². The first kappa shape index (κ1) is 15.5. The zero-order valence-corrected chi connectivity index (χ0v) is 12.1. The predicted octanol–water partition coefficient (Wildman–Crippen LogP) is 0.884. The fourth-order valence-corrected chi connectivity index (χ4v) is 3.67. The number of piperidine rings is 1. The monoisotopic (exact) mass is 312 g/mol. The Morgan fingerprint density at radius 2 is 1.62 bits per heavy atom. The Balaban J connectivity index is 2.14. The number of sulfonamides is 1. The van der Waals surface area contributed by atoms with Gasteiger partial charge in [0.2, 0.25) is 10.0 Å². The molecule has 0 spiro atoms. The fraction of sp³-hybridized carbons (Fsp3) is 0.385. The van der Waals surface area contributed by atoms with E-state index in [2.05, 4.69) is 5.32 Å². The molecular weight excluding hydrogens is 296 g/mol. The van der Waals surface area contributed by atoms with E-state index in [-0.39, 0.29) is 10.6 Å². The molecule has 1 aliphatic heterocycles. The minimum Gasteiger partial charge on any atom is -0.474 e. The van der Waals surface area contributed by atoms with E-state index in [4.69, 9.17) is 5.11 Å². The van der Waals surface area contributed by atoms with Gasteiger partial charge < -0.3 is 10.4 Å². The number of anilines is 1. The van der Waals surface area contributed by atoms with Crippen LogP contribution in [0, 0.1) is 0 Å². The number of hydrogen-bond donors (Lipinski definition) is 2. The smallest absolute Gasteiger partial charge is 0.394 e. The third-order valence-electron chi connectivity index (χ3n) is 3.26. The zero-order chi connectivity index (χ0) is 15.5. The van der Waals surface area contributed by atoms with Crippen molar-refractivity contribution in [2.24, 2.45) is 0 Å². The molecule has 0 saturated carbocycles. The summed E-state index contributed by atoms with van der Waals surface area (Å²) >= 11 is 0. The Bertz CT molecular complexity index is 633. The average molecular weight is 312 g/mol. The quantitative estimate of drug-likeness (QED) is 0.807. The summed E-state index contributed by atoms with van der Waals surface area (Å²) in [5, 5.41) is 10.6. The number of amides is 1. The SMILES string of the molecule is O=C(O)C(=O)Nc1ccc(S(=O)(=O)N2CCCCC2)cc1. The lowest BCUT2D eigenvalue weighted by molar-refractivity contribution is -0.147. The lowest BCUT2D eigenvalue weighted by atomic mass is 10.2. The number of nitrogens with zero attached hydrogens (tertiary/aromatic N) is 1. The van der Waals surface area contributed by atoms with Gasteiger partial charge in [0.15, 0.2) is 0 Å². The second kappa shape index (κ2) is 6.23. The van der Waals surface area contributed by atoms with Crippen molar-refractivity contribution in [3.8, 4) is 0 Å². The van der Waals surface area contributed by atoms with Crippen LogP contribution in [0.3, 0.4) is 0 Å². The van der Waals surface area contributed by atoms with E-state index in [1.54, 1.807) is 0 Å². The van der Waals surface area contributed by atoms with E-state index in [0.29, 0.717) is 13.1 Å². The van der Waals surface area contributed by atoms with Crippen molar-refractivity contribution in [3.05, 3.63) is 24.3 Å². The highest BCUT2D eigenvalue weighted by molar-refractivity contribution is 7.89. The number of hydrogen-bond acceptors (Lipinski definition) is 4. The van der Waals surface area contributed by atoms with E-state index in [1.807, 2.05) is 0 Å². The molecule has 21 heavy (non-hydrogen) atoms. The second-order valence-electron chi connectivity index (χ2n) is 4.75. The second-order valence-corrected chi connectivity index (χ2v) is 6.69. The molecule has 2 rings (SSSR count). The summed E-state index contributed by atoms with van der Waals surface area (Å²) < 4.78 is 26.2. The number of carbonyl (C=O) groups excluding carboxylic acids is 1. The number of rotatable bonds is 3. The molecule has 0 aliphatic carbocycles. The first-order valence-electron chi connectivity index (χ1n) is 6.56. The van der Waals surface area contributed by atoms with Crippen LogP contribution < -0.4 is 5.32 Å². The molecule has 1 heterocycles. The van der Waals surface area contributed by atoms with Gasteiger partial charge in [-0.15, -0.1) is 0 Å². The first-order chi connectivity index (χ1) is 9.91. The van der Waals surface area contributed by atoms with Gasteiger partial charge in [-0.2, -0.15) is 4.31 Å². The van der Waals surface area contributed by atoms with Crippen molar-refractivity contribution in [3.63, 3.8) is 0 Å². The maximum absolute atomic E-state index is 12.4. The van der Waals surface area contributed by atoms with Gasteiger partial charge in [0.1, 0.15) is 0 Å². The van der Waals surface area contributed by atoms with Crippen molar-refractivity contribution < 1.29 is 23.1 Å². The number of carboxylic acids is 1. The van der Waals surface area contributed by atoms with E-state index in [1.165, 1.54) is 28.6 Å². The minimum absolute atomic E-state index is 0.137. The Kier molecular flexibility index (Phi) is 4.59. The molecule has 1 aromatic rings. The summed E-state index contributed by atoms with van der Waals surface area (Å²) in [6, 6.07) is 5.47. The summed E-state index contributed by atoms with van der Waals surface area (Å²) in [5.74, 6) is -2.76. The Labute approximate surface area is 122 Å². The highest BCUT2D eigenvalue weighted by Gasteiger charge is 2.25. The molecule has 114 valence electrons. The summed E-state index contributed by atoms with van der Waals surface area (Å²) in [7, 11) is -3.52. The third-order valence-corrected chi connectivity index (χ3v) is 5.17. The molecule has 1 saturated heterocycles. The van der Waals surface area contributed by atoms with Gasteiger partial charge in [-0.25, -0.2) is 13.2 Å². The van der Waals surface area contributed by atoms with Crippen molar-refractivity contribution in [2.75, 3.05) is 18.4 Å². The van der Waals surface area contributed by atoms with Crippen molar-refractivity contribution in [1.82, 2.24) is 4.31 Å². The van der Waals surface area contributed by atoms with Gasteiger partial charge in [-0.1, -0.05) is 6.42 Å². The van der Waals surface area contributed by atoms with Crippen LogP contribution in [0.1, 0.15) is 19.3 Å². The average Bonchev–Trinajstić information content (AvgIpc) is 2.48. The topological polar surface area (TPSA) is 104 Å². The summed E-state index contributed by atoms with van der Waals surface area (Å²) in [4.78, 5) is 21.6. The molecule has 0 aromatic heterocycles. The number of carboxylic acid groups (broad SMARTS) is 1. The highest BCUT2D eigenvalue weighted by Crippen LogP contribution is 2.21. The van der Waals surface area contributed by atoms with Gasteiger partial charge in [0.05, 0.1) is 4.90 Å². The first-order valence-corrected chi connectivity index (χ1v) is 8.00. The summed E-state index contributed by atoms with van der Waals surface area (Å²) in [5.41, 5.74) is 0.236. The van der Waals surface area contributed by atoms with Crippen molar-refractivity contribution in [1.29, 1.82) is 0 Å². The normalized spacial score (nSPS) is 16.4. The Hall–Kier alpha value is -1.93. The summed E-state index contributed by atoms with van der Waals surface area (Å²) in [6.45, 7) is 1.03. The molecule has 2 N–H and O–H groups in total. The molecule has 1 aromatic carbocycles. The van der Waals surface area contributed by atoms with Gasteiger partial charge in [-0.05, 0) is 37.1 Å². The van der Waals surface area contributed by atoms with Crippen LogP contribution in [0.15, 0.2) is 29.2 Å². The van der Waals surface area contributed by atoms with E-state index >= 15 is 0 Å². The lowest BCUT2D eigenvalue weighted by Gasteiger charge is -2.25. The molecule has 1 aliphatic rings. The molecule has 1 amide bonds. The van der Waals surface area contributed by atoms with Crippen molar-refractivity contribution in [2.45, 2.75) is 24.2 Å². The highest BCUT2D eigenvalue weighted by atomic mass is 32.2. The number of carbonyl (C=O) groups is 2. The summed E-state index contributed by atoms with van der Waals surface area (Å²) in [6.07, 6.45) is 2.74. The maximum atomic E-state index is 12.4. The molecule has 0 bridgehead atoms. The number of benzene rings is 1. The molecule has 0 unspecified atom stereocenters. The molecule has 0 atom stereocenters. The molecule has 8 heteroatoms. The molecule has 0 radical (unpaired) electrons. The molecule has 1 fully saturated rings. The molecular formula is C13H16N2O5S. The Morgan fingerprint density at radius 1 is 1.05 bits per heavy atom. The largest absolute Gasteiger partial charge is 0.474 e. The van der Waals surface area contributed by atoms with Crippen LogP contribution >= 0.6 is 0 Å². The van der Waals surface area contributed by atoms with Crippen LogP contribution in [0.4, 0.5) is 5.69 Å². The minimum atomic E-state index is -3.52. The van der Waals surface area contributed by atoms with Crippen LogP contribution in [-0.2, 0) is 19.6 Å². The molecule has 7 nitrogen and oxygen atoms in total. The van der Waals surface area contributed by atoms with Crippen LogP contribution in [-0.4, -0.2) is 42.8 Å². The predicted molar refractivity (Wildman–Crippen MR) is 75.3 cm³/mol. The van der Waals surface area contributed by atoms with Crippen molar-refractivity contribution >= 4 is 27.6 Å². The van der Waals surface area contributed by atoms with Gasteiger partial charge in [-0.3, -0.25) is 4.79 Å². The van der Waals surface area contributed by atoms with Gasteiger partial charge >= 0.3 is 11.9 Å². The van der Waals surface area contributed by atoms with E-state index < -0.39 is 21.9 Å². The Morgan fingerprint density at radius 3 is 2.14 bits per heavy atom. The van der Waals surface area contributed by atoms with Gasteiger partial charge in [0.25, 0.3) is 0 Å². The van der Waals surface area contributed by atoms with Crippen LogP contribution in [0.25, 0.3) is 0 Å². The maximum Gasteiger partial charge on any atom is 0.394 e. The van der Waals surface area contributed by atoms with Crippen LogP contribution in [0.2, 0.25) is 0 Å². The standard InChI is InChI=1S/C13H16N2O5S/c16-12(13(17)18)14-10-4-6-11(7-5-10)21(19,20)15-8-2-1-3-9-15/h4-7H,1-3,8-9H2,(H,14,16)(H,17,18). The van der Waals surface area contributed by atoms with Gasteiger partial charge in [0, 0.05) is 18.8 Å². The number of nitrogens with one attached hydrogen (secondary N) is 1. The van der Waals surface area contributed by atoms with E-state index in [9.17, 15) is 18.0 Å². The lowest BCUT2D eigenvalue weighted by Crippen LogP contribution is -2.35. The number of aliphatic carboxylic acids is 1.